The van der Waals surface area contributed by atoms with Crippen LogP contribution in [0, 0.1) is 13.8 Å². The molecular formula is C22H23ClN4O3S. The molecule has 1 aliphatic rings. The molecule has 31 heavy (non-hydrogen) atoms. The zero-order valence-corrected chi connectivity index (χ0v) is 19.0. The summed E-state index contributed by atoms with van der Waals surface area (Å²) in [5.41, 5.74) is 2.00. The molecule has 7 nitrogen and oxygen atoms in total. The number of rotatable bonds is 4. The number of halogens is 1. The minimum Gasteiger partial charge on any atom is -0.342 e. The molecule has 0 aliphatic carbocycles. The molecule has 162 valence electrons. The Labute approximate surface area is 188 Å². The molecule has 0 bridgehead atoms. The summed E-state index contributed by atoms with van der Waals surface area (Å²) in [4.78, 5) is 43.7. The van der Waals surface area contributed by atoms with Crippen LogP contribution in [0.3, 0.4) is 0 Å². The van der Waals surface area contributed by atoms with Crippen LogP contribution in [-0.2, 0) is 17.8 Å². The average Bonchev–Trinajstić information content (AvgIpc) is 2.90. The zero-order valence-electron chi connectivity index (χ0n) is 17.4. The number of carbonyl (C=O) groups excluding carboxylic acids is 2. The van der Waals surface area contributed by atoms with E-state index in [0.717, 1.165) is 37.1 Å². The molecular weight excluding hydrogens is 436 g/mol. The summed E-state index contributed by atoms with van der Waals surface area (Å²) in [7, 11) is 0. The first-order valence-electron chi connectivity index (χ1n) is 10.2. The van der Waals surface area contributed by atoms with E-state index in [1.807, 2.05) is 13.0 Å². The number of amides is 2. The van der Waals surface area contributed by atoms with Crippen molar-refractivity contribution < 1.29 is 9.59 Å². The third kappa shape index (κ3) is 4.36. The highest BCUT2D eigenvalue weighted by Crippen LogP contribution is 2.28. The summed E-state index contributed by atoms with van der Waals surface area (Å²) < 4.78 is 1.75. The van der Waals surface area contributed by atoms with Gasteiger partial charge in [0.05, 0.1) is 27.5 Å². The second-order valence-electron chi connectivity index (χ2n) is 7.75. The number of aromatic nitrogens is 2. The third-order valence-electron chi connectivity index (χ3n) is 5.43. The number of nitrogens with zero attached hydrogens (tertiary/aromatic N) is 2. The van der Waals surface area contributed by atoms with Crippen LogP contribution in [0.15, 0.2) is 23.0 Å². The van der Waals surface area contributed by atoms with Crippen molar-refractivity contribution in [3.05, 3.63) is 55.4 Å². The Morgan fingerprint density at radius 3 is 2.81 bits per heavy atom. The number of nitrogens with one attached hydrogen (secondary N) is 2. The van der Waals surface area contributed by atoms with Crippen LogP contribution in [0.2, 0.25) is 5.02 Å². The van der Waals surface area contributed by atoms with Gasteiger partial charge in [-0.3, -0.25) is 19.0 Å². The van der Waals surface area contributed by atoms with E-state index in [2.05, 4.69) is 15.6 Å². The lowest BCUT2D eigenvalue weighted by Crippen LogP contribution is -2.32. The quantitative estimate of drug-likeness (QED) is 0.621. The van der Waals surface area contributed by atoms with Crippen LogP contribution in [0.4, 0.5) is 5.69 Å². The summed E-state index contributed by atoms with van der Waals surface area (Å²) in [6, 6.07) is 5.31. The molecule has 4 rings (SSSR count). The number of hydrogen-bond donors (Lipinski definition) is 2. The average molecular weight is 459 g/mol. The Kier molecular flexibility index (Phi) is 6.11. The maximum absolute atomic E-state index is 13.0. The number of thiophene rings is 1. The highest BCUT2D eigenvalue weighted by atomic mass is 35.5. The second-order valence-corrected chi connectivity index (χ2v) is 9.15. The maximum atomic E-state index is 13.0. The van der Waals surface area contributed by atoms with Gasteiger partial charge in [-0.2, -0.15) is 0 Å². The highest BCUT2D eigenvalue weighted by molar-refractivity contribution is 7.20. The van der Waals surface area contributed by atoms with Crippen LogP contribution in [0.25, 0.3) is 10.2 Å². The Hall–Kier alpha value is -2.71. The van der Waals surface area contributed by atoms with E-state index in [9.17, 15) is 14.4 Å². The van der Waals surface area contributed by atoms with Gasteiger partial charge in [-0.1, -0.05) is 24.1 Å². The van der Waals surface area contributed by atoms with E-state index in [4.69, 9.17) is 11.6 Å². The van der Waals surface area contributed by atoms with Gasteiger partial charge in [-0.15, -0.1) is 11.3 Å². The zero-order chi connectivity index (χ0) is 22.1. The molecule has 0 spiro atoms. The fourth-order valence-electron chi connectivity index (χ4n) is 3.78. The first-order valence-corrected chi connectivity index (χ1v) is 11.4. The van der Waals surface area contributed by atoms with E-state index in [-0.39, 0.29) is 18.0 Å². The number of aryl methyl sites for hydroxylation is 3. The molecule has 1 aromatic carbocycles. The standard InChI is InChI=1S/C22H23ClN4O3S/c1-12-7-8-15(14(23)10-12)25-17(28)11-24-20(29)19-13(2)18-21(31-19)26-16-6-4-3-5-9-27(16)22(18)30/h7-8,10H,3-6,9,11H2,1-2H3,(H,24,29)(H,25,28). The fraction of sp³-hybridized carbons (Fsp3) is 0.364. The monoisotopic (exact) mass is 458 g/mol. The number of fused-ring (bicyclic) bond motifs is 2. The summed E-state index contributed by atoms with van der Waals surface area (Å²) in [5, 5.41) is 6.25. The van der Waals surface area contributed by atoms with Crippen LogP contribution >= 0.6 is 22.9 Å². The van der Waals surface area contributed by atoms with Gasteiger partial charge in [0, 0.05) is 13.0 Å². The van der Waals surface area contributed by atoms with E-state index in [0.29, 0.717) is 37.9 Å². The van der Waals surface area contributed by atoms with Crippen molar-refractivity contribution in [2.24, 2.45) is 0 Å². The number of anilines is 1. The second kappa shape index (κ2) is 8.80. The van der Waals surface area contributed by atoms with Crippen molar-refractivity contribution in [1.29, 1.82) is 0 Å². The molecule has 9 heteroatoms. The molecule has 1 aliphatic heterocycles. The Bertz CT molecular complexity index is 1250. The molecule has 0 saturated carbocycles. The predicted molar refractivity (Wildman–Crippen MR) is 123 cm³/mol. The van der Waals surface area contributed by atoms with E-state index in [1.165, 1.54) is 11.3 Å². The van der Waals surface area contributed by atoms with E-state index < -0.39 is 5.91 Å². The molecule has 2 N–H and O–H groups in total. The molecule has 3 aromatic rings. The van der Waals surface area contributed by atoms with Gasteiger partial charge in [0.15, 0.2) is 0 Å². The lowest BCUT2D eigenvalue weighted by molar-refractivity contribution is -0.115. The summed E-state index contributed by atoms with van der Waals surface area (Å²) in [6.07, 6.45) is 3.82. The topological polar surface area (TPSA) is 93.1 Å². The van der Waals surface area contributed by atoms with E-state index in [1.54, 1.807) is 23.6 Å². The van der Waals surface area contributed by atoms with Crippen molar-refractivity contribution in [2.75, 3.05) is 11.9 Å². The van der Waals surface area contributed by atoms with Crippen molar-refractivity contribution in [3.63, 3.8) is 0 Å². The predicted octanol–water partition coefficient (Wildman–Crippen LogP) is 3.82. The molecule has 0 unspecified atom stereocenters. The number of benzene rings is 1. The van der Waals surface area contributed by atoms with Gasteiger partial charge in [-0.25, -0.2) is 4.98 Å². The Balaban J connectivity index is 1.51. The van der Waals surface area contributed by atoms with Gasteiger partial charge < -0.3 is 10.6 Å². The molecule has 3 heterocycles. The normalized spacial score (nSPS) is 13.5. The lowest BCUT2D eigenvalue weighted by Gasteiger charge is -2.09. The van der Waals surface area contributed by atoms with Crippen molar-refractivity contribution in [1.82, 2.24) is 14.9 Å². The van der Waals surface area contributed by atoms with Crippen LogP contribution in [-0.4, -0.2) is 27.9 Å². The first-order chi connectivity index (χ1) is 14.8. The third-order valence-corrected chi connectivity index (χ3v) is 6.92. The molecule has 2 aromatic heterocycles. The fourth-order valence-corrected chi connectivity index (χ4v) is 5.17. The summed E-state index contributed by atoms with van der Waals surface area (Å²) >= 11 is 7.33. The SMILES string of the molecule is Cc1ccc(NC(=O)CNC(=O)c2sc3nc4n(c(=O)c3c2C)CCCCC4)c(Cl)c1. The molecule has 0 atom stereocenters. The van der Waals surface area contributed by atoms with Crippen molar-refractivity contribution in [2.45, 2.75) is 46.1 Å². The molecule has 2 amide bonds. The molecule has 0 saturated heterocycles. The highest BCUT2D eigenvalue weighted by Gasteiger charge is 2.22. The molecule has 0 fully saturated rings. The van der Waals surface area contributed by atoms with Gasteiger partial charge >= 0.3 is 0 Å². The smallest absolute Gasteiger partial charge is 0.262 e. The Morgan fingerprint density at radius 2 is 2.03 bits per heavy atom. The maximum Gasteiger partial charge on any atom is 0.262 e. The van der Waals surface area contributed by atoms with Crippen LogP contribution < -0.4 is 16.2 Å². The number of carbonyl (C=O) groups is 2. The van der Waals surface area contributed by atoms with Crippen LogP contribution in [0.1, 0.15) is 45.9 Å². The minimum absolute atomic E-state index is 0.0820. The van der Waals surface area contributed by atoms with Crippen molar-refractivity contribution >= 4 is 50.7 Å². The first kappa shape index (κ1) is 21.5. The Morgan fingerprint density at radius 1 is 1.23 bits per heavy atom. The summed E-state index contributed by atoms with van der Waals surface area (Å²) in [6.45, 7) is 4.12. The van der Waals surface area contributed by atoms with Gasteiger partial charge in [0.25, 0.3) is 11.5 Å². The summed E-state index contributed by atoms with van der Waals surface area (Å²) in [5.74, 6) is 0.00517. The van der Waals surface area contributed by atoms with Gasteiger partial charge in [-0.05, 0) is 49.9 Å². The minimum atomic E-state index is -0.398. The van der Waals surface area contributed by atoms with Gasteiger partial charge in [0.2, 0.25) is 5.91 Å². The van der Waals surface area contributed by atoms with E-state index >= 15 is 0 Å². The lowest BCUT2D eigenvalue weighted by atomic mass is 10.2. The molecule has 0 radical (unpaired) electrons. The van der Waals surface area contributed by atoms with Crippen LogP contribution in [0.5, 0.6) is 0 Å². The largest absolute Gasteiger partial charge is 0.342 e. The van der Waals surface area contributed by atoms with Gasteiger partial charge in [0.1, 0.15) is 10.7 Å². The number of hydrogen-bond acceptors (Lipinski definition) is 5. The van der Waals surface area contributed by atoms with Crippen molar-refractivity contribution in [3.8, 4) is 0 Å².